The van der Waals surface area contributed by atoms with Gasteiger partial charge in [0.1, 0.15) is 0 Å². The smallest absolute Gasteiger partial charge is 0.247 e. The minimum absolute atomic E-state index is 0.381. The number of fused-ring (bicyclic) bond motifs is 3. The third-order valence-corrected chi connectivity index (χ3v) is 5.93. The molecular formula is C21H22BrN5OS. The highest BCUT2D eigenvalue weighted by Crippen LogP contribution is 2.40. The van der Waals surface area contributed by atoms with Gasteiger partial charge in [0.15, 0.2) is 11.9 Å². The highest BCUT2D eigenvalue weighted by molar-refractivity contribution is 9.10. The first kappa shape index (κ1) is 20.0. The van der Waals surface area contributed by atoms with Crippen molar-refractivity contribution in [1.29, 1.82) is 0 Å². The minimum atomic E-state index is -0.381. The molecule has 0 bridgehead atoms. The summed E-state index contributed by atoms with van der Waals surface area (Å²) in [4.78, 5) is 6.89. The lowest BCUT2D eigenvalue weighted by Gasteiger charge is -2.23. The predicted molar refractivity (Wildman–Crippen MR) is 122 cm³/mol. The fraction of sp³-hybridized carbons (Fsp3) is 0.286. The van der Waals surface area contributed by atoms with Gasteiger partial charge in [0.05, 0.1) is 0 Å². The molecule has 2 heterocycles. The summed E-state index contributed by atoms with van der Waals surface area (Å²) in [5.41, 5.74) is 4.69. The molecule has 1 aliphatic heterocycles. The highest BCUT2D eigenvalue weighted by Gasteiger charge is 2.26. The zero-order valence-electron chi connectivity index (χ0n) is 16.5. The van der Waals surface area contributed by atoms with E-state index < -0.39 is 0 Å². The lowest BCUT2D eigenvalue weighted by molar-refractivity contribution is 0.225. The highest BCUT2D eigenvalue weighted by atomic mass is 79.9. The number of aromatic nitrogens is 3. The van der Waals surface area contributed by atoms with E-state index in [4.69, 9.17) is 4.74 Å². The molecule has 3 aromatic rings. The number of benzene rings is 2. The van der Waals surface area contributed by atoms with Gasteiger partial charge in [-0.05, 0) is 50.4 Å². The van der Waals surface area contributed by atoms with E-state index in [9.17, 15) is 0 Å². The molecule has 1 unspecified atom stereocenters. The van der Waals surface area contributed by atoms with Crippen LogP contribution in [0.25, 0.3) is 11.3 Å². The molecule has 2 aromatic carbocycles. The Kier molecular flexibility index (Phi) is 5.91. The maximum absolute atomic E-state index is 6.29. The number of thioether (sulfide) groups is 1. The van der Waals surface area contributed by atoms with Gasteiger partial charge in [0, 0.05) is 40.1 Å². The van der Waals surface area contributed by atoms with E-state index >= 15 is 0 Å². The molecule has 0 spiro atoms. The van der Waals surface area contributed by atoms with Gasteiger partial charge >= 0.3 is 0 Å². The van der Waals surface area contributed by atoms with Crippen LogP contribution < -0.4 is 15.0 Å². The van der Waals surface area contributed by atoms with Crippen LogP contribution in [0.1, 0.15) is 25.6 Å². The maximum atomic E-state index is 6.29. The fourth-order valence-corrected chi connectivity index (χ4v) is 4.01. The van der Waals surface area contributed by atoms with Crippen LogP contribution in [0.4, 0.5) is 11.4 Å². The normalized spacial score (nSPS) is 14.8. The van der Waals surface area contributed by atoms with E-state index in [0.29, 0.717) is 16.7 Å². The van der Waals surface area contributed by atoms with Gasteiger partial charge in [-0.3, -0.25) is 0 Å². The van der Waals surface area contributed by atoms with Crippen LogP contribution in [-0.2, 0) is 0 Å². The van der Waals surface area contributed by atoms with Gasteiger partial charge in [0.2, 0.25) is 11.0 Å². The standard InChI is InChI=1S/C21H22BrN5OS/c1-4-27(5-2)15-9-6-13(7-10-15)19-23-17-11-8-14(22)12-16(17)18-20(28-19)24-21(29-3)26-25-18/h6-12,19,23H,4-5H2,1-3H3. The van der Waals surface area contributed by atoms with Crippen LogP contribution in [0, 0.1) is 0 Å². The second-order valence-corrected chi connectivity index (χ2v) is 8.24. The molecule has 0 fully saturated rings. The van der Waals surface area contributed by atoms with Gasteiger partial charge in [-0.2, -0.15) is 4.98 Å². The van der Waals surface area contributed by atoms with Crippen LogP contribution in [0.15, 0.2) is 52.1 Å². The Balaban J connectivity index is 1.75. The van der Waals surface area contributed by atoms with Crippen LogP contribution in [0.3, 0.4) is 0 Å². The van der Waals surface area contributed by atoms with E-state index in [1.165, 1.54) is 17.4 Å². The zero-order chi connectivity index (χ0) is 20.4. The second-order valence-electron chi connectivity index (χ2n) is 6.55. The van der Waals surface area contributed by atoms with E-state index in [-0.39, 0.29) is 6.23 Å². The lowest BCUT2D eigenvalue weighted by Crippen LogP contribution is -2.22. The Morgan fingerprint density at radius 1 is 1.10 bits per heavy atom. The molecule has 0 saturated carbocycles. The van der Waals surface area contributed by atoms with Crippen molar-refractivity contribution in [3.8, 4) is 17.1 Å². The van der Waals surface area contributed by atoms with Crippen molar-refractivity contribution in [3.63, 3.8) is 0 Å². The van der Waals surface area contributed by atoms with Gasteiger partial charge in [-0.15, -0.1) is 10.2 Å². The third-order valence-electron chi connectivity index (χ3n) is 4.90. The Hall–Kier alpha value is -2.32. The van der Waals surface area contributed by atoms with E-state index in [1.807, 2.05) is 24.5 Å². The quantitative estimate of drug-likeness (QED) is 0.501. The monoisotopic (exact) mass is 471 g/mol. The van der Waals surface area contributed by atoms with Crippen molar-refractivity contribution in [1.82, 2.24) is 15.2 Å². The first-order valence-electron chi connectivity index (χ1n) is 9.49. The summed E-state index contributed by atoms with van der Waals surface area (Å²) in [5, 5.41) is 12.7. The Morgan fingerprint density at radius 3 is 2.55 bits per heavy atom. The number of nitrogens with zero attached hydrogens (tertiary/aromatic N) is 4. The summed E-state index contributed by atoms with van der Waals surface area (Å²) in [5.74, 6) is 0.478. The summed E-state index contributed by atoms with van der Waals surface area (Å²) in [7, 11) is 0. The number of anilines is 2. The van der Waals surface area contributed by atoms with E-state index in [0.717, 1.165) is 34.4 Å². The SMILES string of the molecule is CCN(CC)c1ccc(C2Nc3ccc(Br)cc3-c3nnc(SC)nc3O2)cc1. The predicted octanol–water partition coefficient (Wildman–Crippen LogP) is 5.37. The molecule has 1 aliphatic rings. The molecule has 1 aromatic heterocycles. The second kappa shape index (κ2) is 8.59. The first-order valence-corrected chi connectivity index (χ1v) is 11.5. The lowest BCUT2D eigenvalue weighted by atomic mass is 10.1. The largest absolute Gasteiger partial charge is 0.448 e. The zero-order valence-corrected chi connectivity index (χ0v) is 18.9. The Labute approximate surface area is 183 Å². The number of ether oxygens (including phenoxy) is 1. The van der Waals surface area contributed by atoms with Crippen molar-refractivity contribution in [2.24, 2.45) is 0 Å². The van der Waals surface area contributed by atoms with Gasteiger partial charge in [-0.1, -0.05) is 39.8 Å². The van der Waals surface area contributed by atoms with Crippen LogP contribution in [0.5, 0.6) is 5.88 Å². The average Bonchev–Trinajstić information content (AvgIpc) is 2.91. The van der Waals surface area contributed by atoms with Gasteiger partial charge in [-0.25, -0.2) is 0 Å². The van der Waals surface area contributed by atoms with Gasteiger partial charge in [0.25, 0.3) is 0 Å². The van der Waals surface area contributed by atoms with Crippen molar-refractivity contribution >= 4 is 39.1 Å². The summed E-state index contributed by atoms with van der Waals surface area (Å²) in [6.07, 6.45) is 1.54. The molecule has 1 N–H and O–H groups in total. The first-order chi connectivity index (χ1) is 14.1. The molecule has 4 rings (SSSR count). The van der Waals surface area contributed by atoms with Gasteiger partial charge < -0.3 is 15.0 Å². The van der Waals surface area contributed by atoms with Crippen molar-refractivity contribution in [2.45, 2.75) is 25.2 Å². The van der Waals surface area contributed by atoms with Crippen LogP contribution >= 0.6 is 27.7 Å². The van der Waals surface area contributed by atoms with Crippen molar-refractivity contribution < 1.29 is 4.74 Å². The number of hydrogen-bond acceptors (Lipinski definition) is 7. The van der Waals surface area contributed by atoms with Crippen molar-refractivity contribution in [3.05, 3.63) is 52.5 Å². The topological polar surface area (TPSA) is 63.2 Å². The Bertz CT molecular complexity index is 1010. The van der Waals surface area contributed by atoms with Crippen LogP contribution in [-0.4, -0.2) is 34.5 Å². The molecule has 8 heteroatoms. The van der Waals surface area contributed by atoms with Crippen molar-refractivity contribution in [2.75, 3.05) is 29.6 Å². The molecule has 29 heavy (non-hydrogen) atoms. The summed E-state index contributed by atoms with van der Waals surface area (Å²) >= 11 is 4.99. The summed E-state index contributed by atoms with van der Waals surface area (Å²) in [6, 6.07) is 14.5. The van der Waals surface area contributed by atoms with E-state index in [2.05, 4.69) is 79.4 Å². The summed E-state index contributed by atoms with van der Waals surface area (Å²) < 4.78 is 7.25. The number of nitrogens with one attached hydrogen (secondary N) is 1. The number of hydrogen-bond donors (Lipinski definition) is 1. The number of rotatable bonds is 5. The third kappa shape index (κ3) is 4.04. The molecule has 0 aliphatic carbocycles. The van der Waals surface area contributed by atoms with Crippen LogP contribution in [0.2, 0.25) is 0 Å². The molecule has 0 saturated heterocycles. The Morgan fingerprint density at radius 2 is 1.86 bits per heavy atom. The fourth-order valence-electron chi connectivity index (χ4n) is 3.36. The molecule has 0 amide bonds. The summed E-state index contributed by atoms with van der Waals surface area (Å²) in [6.45, 7) is 6.28. The molecule has 1 atom stereocenters. The number of halogens is 1. The molecule has 0 radical (unpaired) electrons. The van der Waals surface area contributed by atoms with E-state index in [1.54, 1.807) is 0 Å². The molecule has 6 nitrogen and oxygen atoms in total. The maximum Gasteiger partial charge on any atom is 0.247 e. The molecule has 150 valence electrons. The average molecular weight is 472 g/mol. The minimum Gasteiger partial charge on any atom is -0.448 e. The molecular weight excluding hydrogens is 450 g/mol.